The molecule has 3 aromatic heterocycles. The van der Waals surface area contributed by atoms with Crippen LogP contribution >= 0.6 is 0 Å². The molecule has 0 saturated heterocycles. The van der Waals surface area contributed by atoms with Gasteiger partial charge in [-0.15, -0.1) is 10.2 Å². The van der Waals surface area contributed by atoms with Gasteiger partial charge in [0.05, 0.1) is 18.4 Å². The van der Waals surface area contributed by atoms with Gasteiger partial charge in [-0.1, -0.05) is 0 Å². The van der Waals surface area contributed by atoms with Gasteiger partial charge in [0.1, 0.15) is 5.76 Å². The predicted molar refractivity (Wildman–Crippen MR) is 67.4 cm³/mol. The second-order valence-electron chi connectivity index (χ2n) is 3.92. The number of rotatable bonds is 4. The third-order valence-corrected chi connectivity index (χ3v) is 2.53. The minimum atomic E-state index is -0.455. The van der Waals surface area contributed by atoms with E-state index in [9.17, 15) is 4.79 Å². The fourth-order valence-corrected chi connectivity index (χ4v) is 1.58. The molecule has 0 bridgehead atoms. The number of furan rings is 1. The minimum Gasteiger partial charge on any atom is -0.467 e. The normalized spacial score (nSPS) is 10.4. The maximum absolute atomic E-state index is 11.8. The molecule has 3 aromatic rings. The molecule has 0 unspecified atom stereocenters. The molecule has 7 nitrogen and oxygen atoms in total. The first-order valence-electron chi connectivity index (χ1n) is 5.87. The van der Waals surface area contributed by atoms with E-state index in [0.717, 1.165) is 0 Å². The Hall–Kier alpha value is -2.96. The first kappa shape index (κ1) is 12.1. The molecule has 3 heterocycles. The summed E-state index contributed by atoms with van der Waals surface area (Å²) in [6, 6.07) is 7.02. The van der Waals surface area contributed by atoms with E-state index in [0.29, 0.717) is 11.3 Å². The highest BCUT2D eigenvalue weighted by atomic mass is 16.4. The van der Waals surface area contributed by atoms with Gasteiger partial charge in [0.25, 0.3) is 0 Å². The van der Waals surface area contributed by atoms with Gasteiger partial charge < -0.3 is 14.2 Å². The highest BCUT2D eigenvalue weighted by Crippen LogP contribution is 2.15. The summed E-state index contributed by atoms with van der Waals surface area (Å²) in [5, 5.41) is 10.1. The van der Waals surface area contributed by atoms with Crippen molar-refractivity contribution in [1.82, 2.24) is 20.5 Å². The first-order valence-corrected chi connectivity index (χ1v) is 5.87. The predicted octanol–water partition coefficient (Wildman–Crippen LogP) is 1.65. The second kappa shape index (κ2) is 5.35. The molecule has 0 aliphatic rings. The van der Waals surface area contributed by atoms with E-state index in [-0.39, 0.29) is 18.3 Å². The third kappa shape index (κ3) is 2.56. The van der Waals surface area contributed by atoms with Crippen molar-refractivity contribution in [2.24, 2.45) is 0 Å². The smallest absolute Gasteiger partial charge is 0.309 e. The number of nitrogens with one attached hydrogen (secondary N) is 1. The molecule has 0 spiro atoms. The molecule has 0 aliphatic carbocycles. The van der Waals surface area contributed by atoms with Crippen LogP contribution in [0.15, 0.2) is 51.8 Å². The standard InChI is InChI=1S/C13H10N4O3/c18-11(15-8-10-4-2-6-19-10)13-17-16-12(20-13)9-3-1-5-14-7-9/h1-7H,8H2,(H,15,18). The molecule has 0 radical (unpaired) electrons. The number of aromatic nitrogens is 3. The topological polar surface area (TPSA) is 94.1 Å². The van der Waals surface area contributed by atoms with Crippen LogP contribution in [0.3, 0.4) is 0 Å². The summed E-state index contributed by atoms with van der Waals surface area (Å²) in [6.07, 6.45) is 4.75. The van der Waals surface area contributed by atoms with Crippen molar-refractivity contribution >= 4 is 5.91 Å². The lowest BCUT2D eigenvalue weighted by atomic mass is 10.3. The zero-order valence-electron chi connectivity index (χ0n) is 10.3. The van der Waals surface area contributed by atoms with E-state index in [1.807, 2.05) is 0 Å². The van der Waals surface area contributed by atoms with Crippen molar-refractivity contribution in [3.8, 4) is 11.5 Å². The molecule has 100 valence electrons. The first-order chi connectivity index (χ1) is 9.83. The van der Waals surface area contributed by atoms with Gasteiger partial charge in [0, 0.05) is 12.4 Å². The number of nitrogens with zero attached hydrogens (tertiary/aromatic N) is 3. The minimum absolute atomic E-state index is 0.101. The van der Waals surface area contributed by atoms with E-state index in [2.05, 4.69) is 20.5 Å². The summed E-state index contributed by atoms with van der Waals surface area (Å²) >= 11 is 0. The van der Waals surface area contributed by atoms with Gasteiger partial charge in [-0.3, -0.25) is 9.78 Å². The Bertz CT molecular complexity index is 692. The van der Waals surface area contributed by atoms with Crippen LogP contribution in [0.2, 0.25) is 0 Å². The Morgan fingerprint density at radius 2 is 2.20 bits per heavy atom. The molecule has 0 atom stereocenters. The molecule has 0 aliphatic heterocycles. The molecule has 7 heteroatoms. The van der Waals surface area contributed by atoms with Gasteiger partial charge in [-0.2, -0.15) is 0 Å². The maximum atomic E-state index is 11.8. The second-order valence-corrected chi connectivity index (χ2v) is 3.92. The Morgan fingerprint density at radius 1 is 1.25 bits per heavy atom. The Labute approximate surface area is 113 Å². The summed E-state index contributed by atoms with van der Waals surface area (Å²) in [5.74, 6) is 0.339. The SMILES string of the molecule is O=C(NCc1ccco1)c1nnc(-c2cccnc2)o1. The van der Waals surface area contributed by atoms with Gasteiger partial charge in [-0.25, -0.2) is 0 Å². The van der Waals surface area contributed by atoms with E-state index in [4.69, 9.17) is 8.83 Å². The van der Waals surface area contributed by atoms with Gasteiger partial charge in [0.2, 0.25) is 5.89 Å². The summed E-state index contributed by atoms with van der Waals surface area (Å²) < 4.78 is 10.4. The molecule has 0 saturated carbocycles. The summed E-state index contributed by atoms with van der Waals surface area (Å²) in [6.45, 7) is 0.260. The van der Waals surface area contributed by atoms with Crippen molar-refractivity contribution < 1.29 is 13.6 Å². The monoisotopic (exact) mass is 270 g/mol. The number of hydrogen-bond acceptors (Lipinski definition) is 6. The number of hydrogen-bond donors (Lipinski definition) is 1. The van der Waals surface area contributed by atoms with Crippen LogP contribution in [0, 0.1) is 0 Å². The Kier molecular flexibility index (Phi) is 3.24. The number of carbonyl (C=O) groups excluding carboxylic acids is 1. The van der Waals surface area contributed by atoms with Crippen LogP contribution in [-0.2, 0) is 6.54 Å². The highest BCUT2D eigenvalue weighted by Gasteiger charge is 2.15. The molecule has 1 amide bonds. The zero-order chi connectivity index (χ0) is 13.8. The van der Waals surface area contributed by atoms with Crippen LogP contribution in [0.4, 0.5) is 0 Å². The van der Waals surface area contributed by atoms with Crippen molar-refractivity contribution in [2.45, 2.75) is 6.54 Å². The molecule has 20 heavy (non-hydrogen) atoms. The van der Waals surface area contributed by atoms with Crippen LogP contribution in [0.5, 0.6) is 0 Å². The lowest BCUT2D eigenvalue weighted by Crippen LogP contribution is -2.22. The average molecular weight is 270 g/mol. The Morgan fingerprint density at radius 3 is 2.95 bits per heavy atom. The molecular formula is C13H10N4O3. The quantitative estimate of drug-likeness (QED) is 0.774. The summed E-state index contributed by atoms with van der Waals surface area (Å²) in [4.78, 5) is 15.8. The number of carbonyl (C=O) groups is 1. The van der Waals surface area contributed by atoms with Crippen molar-refractivity contribution in [3.63, 3.8) is 0 Å². The molecular weight excluding hydrogens is 260 g/mol. The number of amides is 1. The lowest BCUT2D eigenvalue weighted by molar-refractivity contribution is 0.0914. The van der Waals surface area contributed by atoms with Crippen LogP contribution in [0.1, 0.15) is 16.4 Å². The third-order valence-electron chi connectivity index (χ3n) is 2.53. The van der Waals surface area contributed by atoms with E-state index >= 15 is 0 Å². The molecule has 0 fully saturated rings. The maximum Gasteiger partial charge on any atom is 0.309 e. The number of pyridine rings is 1. The lowest BCUT2D eigenvalue weighted by Gasteiger charge is -1.98. The fraction of sp³-hybridized carbons (Fsp3) is 0.0769. The fourth-order valence-electron chi connectivity index (χ4n) is 1.58. The van der Waals surface area contributed by atoms with E-state index < -0.39 is 5.91 Å². The molecule has 1 N–H and O–H groups in total. The van der Waals surface area contributed by atoms with Crippen LogP contribution < -0.4 is 5.32 Å². The van der Waals surface area contributed by atoms with Crippen molar-refractivity contribution in [2.75, 3.05) is 0 Å². The average Bonchev–Trinajstić information content (AvgIpc) is 3.17. The van der Waals surface area contributed by atoms with Crippen molar-refractivity contribution in [1.29, 1.82) is 0 Å². The van der Waals surface area contributed by atoms with Gasteiger partial charge in [-0.05, 0) is 24.3 Å². The van der Waals surface area contributed by atoms with Crippen molar-refractivity contribution in [3.05, 3.63) is 54.6 Å². The van der Waals surface area contributed by atoms with Gasteiger partial charge in [0.15, 0.2) is 0 Å². The van der Waals surface area contributed by atoms with E-state index in [1.54, 1.807) is 36.7 Å². The van der Waals surface area contributed by atoms with E-state index in [1.165, 1.54) is 6.26 Å². The van der Waals surface area contributed by atoms with Crippen LogP contribution in [0.25, 0.3) is 11.5 Å². The largest absolute Gasteiger partial charge is 0.467 e. The van der Waals surface area contributed by atoms with Gasteiger partial charge >= 0.3 is 11.8 Å². The Balaban J connectivity index is 1.69. The highest BCUT2D eigenvalue weighted by molar-refractivity contribution is 5.89. The zero-order valence-corrected chi connectivity index (χ0v) is 10.3. The summed E-state index contributed by atoms with van der Waals surface area (Å²) in [5.41, 5.74) is 0.657. The molecule has 3 rings (SSSR count). The molecule has 0 aromatic carbocycles. The summed E-state index contributed by atoms with van der Waals surface area (Å²) in [7, 11) is 0. The van der Waals surface area contributed by atoms with Crippen LogP contribution in [-0.4, -0.2) is 21.1 Å².